The fraction of sp³-hybridized carbons (Fsp3) is 0.550. The number of terminal acetylenes is 1. The van der Waals surface area contributed by atoms with Crippen LogP contribution in [-0.2, 0) is 4.79 Å². The van der Waals surface area contributed by atoms with Gasteiger partial charge in [-0.25, -0.2) is 0 Å². The van der Waals surface area contributed by atoms with E-state index in [1.807, 2.05) is 18.2 Å². The monoisotopic (exact) mass is 325 g/mol. The molecule has 2 heterocycles. The van der Waals surface area contributed by atoms with E-state index < -0.39 is 0 Å². The second-order valence-corrected chi connectivity index (χ2v) is 6.82. The molecule has 0 radical (unpaired) electrons. The molecule has 1 N–H and O–H groups in total. The zero-order valence-electron chi connectivity index (χ0n) is 14.3. The molecule has 1 spiro atoms. The van der Waals surface area contributed by atoms with Gasteiger partial charge in [-0.3, -0.25) is 4.79 Å². The smallest absolute Gasteiger partial charge is 0.247 e. The summed E-state index contributed by atoms with van der Waals surface area (Å²) in [6.07, 6.45) is 11.5. The standard InChI is InChI=1S/C20H27N3O/c1-2-3-4-5-9-14-22-15-12-20(13-16-22)19(24)21-17-23(20)18-10-7-6-8-11-18/h1,6-8,10-11H,3-5,9,12-17H2,(H,21,24). The third kappa shape index (κ3) is 3.42. The van der Waals surface area contributed by atoms with Gasteiger partial charge in [0, 0.05) is 25.2 Å². The molecular weight excluding hydrogens is 298 g/mol. The summed E-state index contributed by atoms with van der Waals surface area (Å²) in [5, 5.41) is 3.06. The van der Waals surface area contributed by atoms with Crippen molar-refractivity contribution in [3.05, 3.63) is 30.3 Å². The Kier molecular flexibility index (Phi) is 5.42. The highest BCUT2D eigenvalue weighted by molar-refractivity contribution is 5.93. The van der Waals surface area contributed by atoms with E-state index in [9.17, 15) is 4.79 Å². The number of hydrogen-bond acceptors (Lipinski definition) is 3. The van der Waals surface area contributed by atoms with Crippen molar-refractivity contribution >= 4 is 11.6 Å². The number of piperidine rings is 1. The van der Waals surface area contributed by atoms with Crippen molar-refractivity contribution in [2.45, 2.75) is 44.1 Å². The minimum absolute atomic E-state index is 0.194. The van der Waals surface area contributed by atoms with E-state index in [2.05, 4.69) is 33.2 Å². The Morgan fingerprint density at radius 1 is 1.12 bits per heavy atom. The highest BCUT2D eigenvalue weighted by Gasteiger charge is 2.50. The van der Waals surface area contributed by atoms with Gasteiger partial charge in [-0.15, -0.1) is 12.3 Å². The second kappa shape index (κ2) is 7.72. The lowest BCUT2D eigenvalue weighted by Gasteiger charge is -2.43. The van der Waals surface area contributed by atoms with Gasteiger partial charge in [-0.1, -0.05) is 24.6 Å². The summed E-state index contributed by atoms with van der Waals surface area (Å²) in [5.74, 6) is 2.90. The third-order valence-electron chi connectivity index (χ3n) is 5.38. The third-order valence-corrected chi connectivity index (χ3v) is 5.38. The van der Waals surface area contributed by atoms with Crippen LogP contribution in [0.25, 0.3) is 0 Å². The van der Waals surface area contributed by atoms with Crippen LogP contribution in [0.1, 0.15) is 38.5 Å². The van der Waals surface area contributed by atoms with E-state index >= 15 is 0 Å². The molecule has 0 atom stereocenters. The summed E-state index contributed by atoms with van der Waals surface area (Å²) in [6, 6.07) is 10.3. The summed E-state index contributed by atoms with van der Waals surface area (Å²) >= 11 is 0. The lowest BCUT2D eigenvalue weighted by molar-refractivity contribution is -0.125. The Labute approximate surface area is 145 Å². The number of unbranched alkanes of at least 4 members (excludes halogenated alkanes) is 3. The maximum atomic E-state index is 12.6. The van der Waals surface area contributed by atoms with Gasteiger partial charge >= 0.3 is 0 Å². The van der Waals surface area contributed by atoms with Crippen molar-refractivity contribution in [2.75, 3.05) is 31.2 Å². The first-order valence-corrected chi connectivity index (χ1v) is 9.03. The molecule has 2 fully saturated rings. The Morgan fingerprint density at radius 3 is 2.58 bits per heavy atom. The lowest BCUT2D eigenvalue weighted by Crippen LogP contribution is -2.56. The predicted octanol–water partition coefficient (Wildman–Crippen LogP) is 2.61. The second-order valence-electron chi connectivity index (χ2n) is 6.82. The number of para-hydroxylation sites is 1. The highest BCUT2D eigenvalue weighted by atomic mass is 16.2. The number of carbonyl (C=O) groups excluding carboxylic acids is 1. The summed E-state index contributed by atoms with van der Waals surface area (Å²) in [6.45, 7) is 3.72. The quantitative estimate of drug-likeness (QED) is 0.645. The number of anilines is 1. The van der Waals surface area contributed by atoms with Crippen molar-refractivity contribution in [1.29, 1.82) is 0 Å². The molecule has 0 saturated carbocycles. The number of nitrogens with one attached hydrogen (secondary N) is 1. The number of benzene rings is 1. The van der Waals surface area contributed by atoms with Crippen LogP contribution in [0.2, 0.25) is 0 Å². The zero-order chi connectivity index (χ0) is 16.8. The Hall–Kier alpha value is -1.99. The van der Waals surface area contributed by atoms with E-state index in [-0.39, 0.29) is 11.4 Å². The normalized spacial score (nSPS) is 20.1. The minimum Gasteiger partial charge on any atom is -0.339 e. The van der Waals surface area contributed by atoms with Gasteiger partial charge in [0.1, 0.15) is 5.54 Å². The maximum absolute atomic E-state index is 12.6. The van der Waals surface area contributed by atoms with Gasteiger partial charge in [0.15, 0.2) is 0 Å². The number of nitrogens with zero attached hydrogens (tertiary/aromatic N) is 2. The summed E-state index contributed by atoms with van der Waals surface area (Å²) in [5.41, 5.74) is 0.778. The Balaban J connectivity index is 1.57. The summed E-state index contributed by atoms with van der Waals surface area (Å²) in [7, 11) is 0. The molecule has 24 heavy (non-hydrogen) atoms. The largest absolute Gasteiger partial charge is 0.339 e. The fourth-order valence-electron chi connectivity index (χ4n) is 3.92. The Bertz CT molecular complexity index is 585. The van der Waals surface area contributed by atoms with Crippen molar-refractivity contribution < 1.29 is 4.79 Å². The number of likely N-dealkylation sites (tertiary alicyclic amines) is 1. The number of rotatable bonds is 6. The first-order valence-electron chi connectivity index (χ1n) is 9.03. The minimum atomic E-state index is -0.360. The average molecular weight is 325 g/mol. The molecule has 128 valence electrons. The van der Waals surface area contributed by atoms with Crippen molar-refractivity contribution in [1.82, 2.24) is 10.2 Å². The van der Waals surface area contributed by atoms with Crippen LogP contribution in [0.15, 0.2) is 30.3 Å². The van der Waals surface area contributed by atoms with Crippen LogP contribution in [-0.4, -0.2) is 42.6 Å². The number of carbonyl (C=O) groups is 1. The molecule has 3 rings (SSSR count). The molecular formula is C20H27N3O. The zero-order valence-corrected chi connectivity index (χ0v) is 14.3. The van der Waals surface area contributed by atoms with Gasteiger partial charge in [0.2, 0.25) is 5.91 Å². The molecule has 0 aliphatic carbocycles. The van der Waals surface area contributed by atoms with Crippen molar-refractivity contribution in [3.63, 3.8) is 0 Å². The van der Waals surface area contributed by atoms with Gasteiger partial charge < -0.3 is 15.1 Å². The molecule has 2 aliphatic rings. The van der Waals surface area contributed by atoms with Crippen LogP contribution in [0.4, 0.5) is 5.69 Å². The van der Waals surface area contributed by atoms with E-state index in [1.165, 1.54) is 12.8 Å². The molecule has 4 nitrogen and oxygen atoms in total. The molecule has 4 heteroatoms. The van der Waals surface area contributed by atoms with Gasteiger partial charge in [0.25, 0.3) is 0 Å². The van der Waals surface area contributed by atoms with Crippen LogP contribution in [0.3, 0.4) is 0 Å². The summed E-state index contributed by atoms with van der Waals surface area (Å²) in [4.78, 5) is 17.3. The predicted molar refractivity (Wildman–Crippen MR) is 97.6 cm³/mol. The molecule has 0 unspecified atom stereocenters. The lowest BCUT2D eigenvalue weighted by atomic mass is 9.85. The van der Waals surface area contributed by atoms with Crippen LogP contribution in [0, 0.1) is 12.3 Å². The molecule has 2 aliphatic heterocycles. The van der Waals surface area contributed by atoms with Crippen LogP contribution < -0.4 is 10.2 Å². The molecule has 1 aromatic rings. The van der Waals surface area contributed by atoms with Gasteiger partial charge in [-0.05, 0) is 44.4 Å². The number of amides is 1. The van der Waals surface area contributed by atoms with Gasteiger partial charge in [-0.2, -0.15) is 0 Å². The Morgan fingerprint density at radius 2 is 1.88 bits per heavy atom. The fourth-order valence-corrected chi connectivity index (χ4v) is 3.92. The van der Waals surface area contributed by atoms with Crippen LogP contribution in [0.5, 0.6) is 0 Å². The van der Waals surface area contributed by atoms with Gasteiger partial charge in [0.05, 0.1) is 6.67 Å². The molecule has 0 bridgehead atoms. The highest BCUT2D eigenvalue weighted by Crippen LogP contribution is 2.36. The first kappa shape index (κ1) is 16.9. The van der Waals surface area contributed by atoms with E-state index in [1.54, 1.807) is 0 Å². The topological polar surface area (TPSA) is 35.6 Å². The number of hydrogen-bond donors (Lipinski definition) is 1. The van der Waals surface area contributed by atoms with Crippen molar-refractivity contribution in [2.24, 2.45) is 0 Å². The maximum Gasteiger partial charge on any atom is 0.247 e. The van der Waals surface area contributed by atoms with E-state index in [4.69, 9.17) is 6.42 Å². The average Bonchev–Trinajstić information content (AvgIpc) is 2.93. The van der Waals surface area contributed by atoms with E-state index in [0.29, 0.717) is 6.67 Å². The summed E-state index contributed by atoms with van der Waals surface area (Å²) < 4.78 is 0. The first-order chi connectivity index (χ1) is 11.8. The molecule has 2 saturated heterocycles. The molecule has 0 aromatic heterocycles. The SMILES string of the molecule is C#CCCCCCN1CCC2(CC1)C(=O)NCN2c1ccccc1. The van der Waals surface area contributed by atoms with Crippen LogP contribution >= 0.6 is 0 Å². The molecule has 1 amide bonds. The molecule has 1 aromatic carbocycles. The van der Waals surface area contributed by atoms with Crippen molar-refractivity contribution in [3.8, 4) is 12.3 Å². The van der Waals surface area contributed by atoms with E-state index in [0.717, 1.165) is 51.0 Å².